The predicted molar refractivity (Wildman–Crippen MR) is 82.6 cm³/mol. The molecule has 0 radical (unpaired) electrons. The molecule has 0 unspecified atom stereocenters. The second-order valence-electron chi connectivity index (χ2n) is 4.62. The number of amides is 1. The fraction of sp³-hybridized carbons (Fsp3) is 0.133. The Hall–Kier alpha value is -2.67. The third kappa shape index (κ3) is 3.57. The summed E-state index contributed by atoms with van der Waals surface area (Å²) in [4.78, 5) is 35.7. The SMILES string of the molecule is COc1ccc(F)cc1C(=O)C(=O)Nc1cc(Cl)c(=O)n(C)c1. The molecule has 0 aliphatic carbocycles. The van der Waals surface area contributed by atoms with Crippen molar-refractivity contribution in [2.24, 2.45) is 7.05 Å². The molecule has 120 valence electrons. The van der Waals surface area contributed by atoms with Gasteiger partial charge in [0.1, 0.15) is 16.6 Å². The number of benzene rings is 1. The summed E-state index contributed by atoms with van der Waals surface area (Å²) >= 11 is 5.73. The van der Waals surface area contributed by atoms with Crippen LogP contribution < -0.4 is 15.6 Å². The number of Topliss-reactive ketones (excluding diaryl/α,β-unsaturated/α-hetero) is 1. The molecule has 0 aliphatic rings. The highest BCUT2D eigenvalue weighted by Crippen LogP contribution is 2.20. The van der Waals surface area contributed by atoms with E-state index < -0.39 is 23.1 Å². The fourth-order valence-corrected chi connectivity index (χ4v) is 2.16. The van der Waals surface area contributed by atoms with Crippen LogP contribution in [0.3, 0.4) is 0 Å². The summed E-state index contributed by atoms with van der Waals surface area (Å²) in [5.41, 5.74) is -0.491. The van der Waals surface area contributed by atoms with E-state index in [1.807, 2.05) is 0 Å². The van der Waals surface area contributed by atoms with E-state index in [4.69, 9.17) is 16.3 Å². The first-order valence-corrected chi connectivity index (χ1v) is 6.76. The van der Waals surface area contributed by atoms with E-state index >= 15 is 0 Å². The zero-order chi connectivity index (χ0) is 17.1. The minimum absolute atomic E-state index is 0.0741. The number of carbonyl (C=O) groups excluding carboxylic acids is 2. The second kappa shape index (κ2) is 6.62. The molecule has 6 nitrogen and oxygen atoms in total. The third-order valence-corrected chi connectivity index (χ3v) is 3.28. The van der Waals surface area contributed by atoms with Gasteiger partial charge in [-0.05, 0) is 24.3 Å². The van der Waals surface area contributed by atoms with Gasteiger partial charge in [-0.15, -0.1) is 0 Å². The van der Waals surface area contributed by atoms with Gasteiger partial charge in [0.25, 0.3) is 17.2 Å². The lowest BCUT2D eigenvalue weighted by molar-refractivity contribution is -0.112. The van der Waals surface area contributed by atoms with Crippen molar-refractivity contribution in [3.05, 3.63) is 57.2 Å². The minimum atomic E-state index is -1.01. The standard InChI is InChI=1S/C15H12ClFN2O4/c1-19-7-9(6-11(16)15(19)22)18-14(21)13(20)10-5-8(17)3-4-12(10)23-2/h3-7H,1-2H3,(H,18,21). The van der Waals surface area contributed by atoms with Crippen LogP contribution in [0.4, 0.5) is 10.1 Å². The van der Waals surface area contributed by atoms with E-state index in [9.17, 15) is 18.8 Å². The van der Waals surface area contributed by atoms with Crippen LogP contribution in [0.15, 0.2) is 35.3 Å². The molecule has 0 atom stereocenters. The first-order chi connectivity index (χ1) is 10.8. The Labute approximate surface area is 135 Å². The first kappa shape index (κ1) is 16.7. The molecule has 1 N–H and O–H groups in total. The number of nitrogens with zero attached hydrogens (tertiary/aromatic N) is 1. The van der Waals surface area contributed by atoms with Gasteiger partial charge in [0.15, 0.2) is 0 Å². The van der Waals surface area contributed by atoms with Gasteiger partial charge in [0.05, 0.1) is 18.4 Å². The van der Waals surface area contributed by atoms with Gasteiger partial charge in [0, 0.05) is 13.2 Å². The van der Waals surface area contributed by atoms with Crippen LogP contribution in [0.2, 0.25) is 5.02 Å². The molecule has 0 bridgehead atoms. The Balaban J connectivity index is 2.29. The number of ketones is 1. The minimum Gasteiger partial charge on any atom is -0.496 e. The number of carbonyl (C=O) groups is 2. The van der Waals surface area contributed by atoms with E-state index in [0.29, 0.717) is 0 Å². The molecular formula is C15H12ClFN2O4. The Morgan fingerprint density at radius 3 is 2.61 bits per heavy atom. The molecule has 23 heavy (non-hydrogen) atoms. The van der Waals surface area contributed by atoms with Gasteiger partial charge in [-0.25, -0.2) is 4.39 Å². The van der Waals surface area contributed by atoms with Gasteiger partial charge in [-0.1, -0.05) is 11.6 Å². The van der Waals surface area contributed by atoms with Gasteiger partial charge in [0.2, 0.25) is 0 Å². The zero-order valence-corrected chi connectivity index (χ0v) is 13.0. The number of nitrogens with one attached hydrogen (secondary N) is 1. The number of hydrogen-bond acceptors (Lipinski definition) is 4. The van der Waals surface area contributed by atoms with Crippen molar-refractivity contribution >= 4 is 29.0 Å². The molecular weight excluding hydrogens is 327 g/mol. The molecule has 0 aliphatic heterocycles. The van der Waals surface area contributed by atoms with Crippen molar-refractivity contribution in [3.8, 4) is 5.75 Å². The Bertz CT molecular complexity index is 822. The Morgan fingerprint density at radius 2 is 2.00 bits per heavy atom. The number of pyridine rings is 1. The molecule has 0 saturated carbocycles. The molecule has 2 rings (SSSR count). The predicted octanol–water partition coefficient (Wildman–Crippen LogP) is 2.01. The summed E-state index contributed by atoms with van der Waals surface area (Å²) in [5, 5.41) is 2.20. The molecule has 0 fully saturated rings. The summed E-state index contributed by atoms with van der Waals surface area (Å²) in [6.07, 6.45) is 1.31. The summed E-state index contributed by atoms with van der Waals surface area (Å²) in [7, 11) is 2.75. The van der Waals surface area contributed by atoms with Crippen LogP contribution in [0.5, 0.6) is 5.75 Å². The van der Waals surface area contributed by atoms with Crippen LogP contribution in [0.1, 0.15) is 10.4 Å². The van der Waals surface area contributed by atoms with Crippen LogP contribution in [-0.4, -0.2) is 23.4 Å². The maximum absolute atomic E-state index is 13.3. The molecule has 1 aromatic carbocycles. The van der Waals surface area contributed by atoms with Crippen molar-refractivity contribution < 1.29 is 18.7 Å². The highest BCUT2D eigenvalue weighted by molar-refractivity contribution is 6.47. The number of aryl methyl sites for hydroxylation is 1. The van der Waals surface area contributed by atoms with Crippen molar-refractivity contribution in [3.63, 3.8) is 0 Å². The Morgan fingerprint density at radius 1 is 1.30 bits per heavy atom. The molecule has 1 amide bonds. The maximum atomic E-state index is 13.3. The van der Waals surface area contributed by atoms with E-state index in [1.165, 1.54) is 32.5 Å². The van der Waals surface area contributed by atoms with E-state index in [2.05, 4.69) is 5.32 Å². The molecule has 1 heterocycles. The summed E-state index contributed by atoms with van der Waals surface area (Å²) in [6, 6.07) is 4.49. The number of hydrogen-bond donors (Lipinski definition) is 1. The van der Waals surface area contributed by atoms with Gasteiger partial charge in [-0.2, -0.15) is 0 Å². The highest BCUT2D eigenvalue weighted by atomic mass is 35.5. The second-order valence-corrected chi connectivity index (χ2v) is 5.03. The van der Waals surface area contributed by atoms with Crippen LogP contribution in [0.25, 0.3) is 0 Å². The molecule has 2 aromatic rings. The van der Waals surface area contributed by atoms with Crippen LogP contribution in [-0.2, 0) is 11.8 Å². The Kier molecular flexibility index (Phi) is 4.80. The van der Waals surface area contributed by atoms with Gasteiger partial charge < -0.3 is 14.6 Å². The quantitative estimate of drug-likeness (QED) is 0.683. The van der Waals surface area contributed by atoms with Crippen molar-refractivity contribution in [1.29, 1.82) is 0 Å². The normalized spacial score (nSPS) is 10.3. The maximum Gasteiger partial charge on any atom is 0.296 e. The fourth-order valence-electron chi connectivity index (χ4n) is 1.91. The molecule has 8 heteroatoms. The number of methoxy groups -OCH3 is 1. The summed E-state index contributed by atoms with van der Waals surface area (Å²) in [5.74, 6) is -2.59. The summed E-state index contributed by atoms with van der Waals surface area (Å²) < 4.78 is 19.4. The van der Waals surface area contributed by atoms with Crippen molar-refractivity contribution in [1.82, 2.24) is 4.57 Å². The van der Waals surface area contributed by atoms with Crippen molar-refractivity contribution in [2.75, 3.05) is 12.4 Å². The number of rotatable bonds is 4. The van der Waals surface area contributed by atoms with Gasteiger partial charge >= 0.3 is 0 Å². The number of anilines is 1. The van der Waals surface area contributed by atoms with Crippen LogP contribution in [0, 0.1) is 5.82 Å². The summed E-state index contributed by atoms with van der Waals surface area (Å²) in [6.45, 7) is 0. The van der Waals surface area contributed by atoms with Crippen LogP contribution >= 0.6 is 11.6 Å². The lowest BCUT2D eigenvalue weighted by Gasteiger charge is -2.09. The first-order valence-electron chi connectivity index (χ1n) is 6.39. The lowest BCUT2D eigenvalue weighted by atomic mass is 10.1. The monoisotopic (exact) mass is 338 g/mol. The topological polar surface area (TPSA) is 77.4 Å². The average Bonchev–Trinajstić information content (AvgIpc) is 2.51. The highest BCUT2D eigenvalue weighted by Gasteiger charge is 2.21. The number of halogens is 2. The van der Waals surface area contributed by atoms with Crippen molar-refractivity contribution in [2.45, 2.75) is 0 Å². The zero-order valence-electron chi connectivity index (χ0n) is 12.2. The molecule has 0 saturated heterocycles. The van der Waals surface area contributed by atoms with Gasteiger partial charge in [-0.3, -0.25) is 14.4 Å². The van der Waals surface area contributed by atoms with E-state index in [-0.39, 0.29) is 22.0 Å². The number of aromatic nitrogens is 1. The lowest BCUT2D eigenvalue weighted by Crippen LogP contribution is -2.25. The molecule has 0 spiro atoms. The van der Waals surface area contributed by atoms with E-state index in [0.717, 1.165) is 16.7 Å². The third-order valence-electron chi connectivity index (χ3n) is 3.01. The van der Waals surface area contributed by atoms with E-state index in [1.54, 1.807) is 0 Å². The largest absolute Gasteiger partial charge is 0.496 e. The number of ether oxygens (including phenoxy) is 1. The molecule has 1 aromatic heterocycles. The average molecular weight is 339 g/mol. The smallest absolute Gasteiger partial charge is 0.296 e.